The first-order valence-corrected chi connectivity index (χ1v) is 5.54. The van der Waals surface area contributed by atoms with E-state index in [4.69, 9.17) is 4.74 Å². The van der Waals surface area contributed by atoms with E-state index in [0.29, 0.717) is 25.4 Å². The minimum atomic E-state index is 0.132. The molecule has 2 aliphatic rings. The zero-order valence-electron chi connectivity index (χ0n) is 8.87. The summed E-state index contributed by atoms with van der Waals surface area (Å²) in [5.74, 6) is 1.42. The highest BCUT2D eigenvalue weighted by atomic mass is 16.5. The molecule has 2 fully saturated rings. The van der Waals surface area contributed by atoms with Gasteiger partial charge in [0, 0.05) is 19.5 Å². The number of ether oxygens (including phenoxy) is 1. The molecule has 0 amide bonds. The Balaban J connectivity index is 1.73. The van der Waals surface area contributed by atoms with Crippen LogP contribution in [-0.2, 0) is 9.53 Å². The largest absolute Gasteiger partial charge is 0.380 e. The molecule has 1 aliphatic heterocycles. The van der Waals surface area contributed by atoms with E-state index in [9.17, 15) is 4.79 Å². The van der Waals surface area contributed by atoms with Crippen LogP contribution in [0.1, 0.15) is 19.3 Å². The Labute approximate surface area is 85.4 Å². The topological polar surface area (TPSA) is 29.5 Å². The van der Waals surface area contributed by atoms with Gasteiger partial charge in [-0.25, -0.2) is 0 Å². The molecule has 3 heteroatoms. The Morgan fingerprint density at radius 3 is 2.86 bits per heavy atom. The lowest BCUT2D eigenvalue weighted by Crippen LogP contribution is -2.37. The highest BCUT2D eigenvalue weighted by Gasteiger charge is 2.27. The van der Waals surface area contributed by atoms with Gasteiger partial charge >= 0.3 is 0 Å². The van der Waals surface area contributed by atoms with Crippen molar-refractivity contribution in [3.8, 4) is 0 Å². The molecule has 0 aromatic rings. The van der Waals surface area contributed by atoms with Gasteiger partial charge in [-0.2, -0.15) is 0 Å². The molecule has 3 nitrogen and oxygen atoms in total. The zero-order chi connectivity index (χ0) is 9.97. The fourth-order valence-electron chi connectivity index (χ4n) is 2.04. The van der Waals surface area contributed by atoms with Crippen LogP contribution in [-0.4, -0.2) is 44.0 Å². The molecule has 1 saturated heterocycles. The van der Waals surface area contributed by atoms with Crippen LogP contribution in [0.2, 0.25) is 0 Å². The first-order chi connectivity index (χ1) is 6.75. The Morgan fingerprint density at radius 1 is 1.43 bits per heavy atom. The maximum Gasteiger partial charge on any atom is 0.141 e. The highest BCUT2D eigenvalue weighted by Crippen LogP contribution is 2.29. The van der Waals surface area contributed by atoms with Crippen molar-refractivity contribution in [1.29, 1.82) is 0 Å². The van der Waals surface area contributed by atoms with E-state index >= 15 is 0 Å². The van der Waals surface area contributed by atoms with Crippen LogP contribution in [0, 0.1) is 11.8 Å². The van der Waals surface area contributed by atoms with Gasteiger partial charge in [-0.3, -0.25) is 4.79 Å². The quantitative estimate of drug-likeness (QED) is 0.671. The maximum atomic E-state index is 11.5. The Kier molecular flexibility index (Phi) is 3.19. The van der Waals surface area contributed by atoms with Gasteiger partial charge in [-0.05, 0) is 25.8 Å². The van der Waals surface area contributed by atoms with Gasteiger partial charge < -0.3 is 9.64 Å². The SMILES string of the molecule is CN(CC1CC1)CC1COCCC1=O. The van der Waals surface area contributed by atoms with Crippen LogP contribution >= 0.6 is 0 Å². The molecular formula is C11H19NO2. The highest BCUT2D eigenvalue weighted by molar-refractivity contribution is 5.82. The predicted molar refractivity (Wildman–Crippen MR) is 54.2 cm³/mol. The van der Waals surface area contributed by atoms with Crippen LogP contribution in [0.15, 0.2) is 0 Å². The number of nitrogens with zero attached hydrogens (tertiary/aromatic N) is 1. The summed E-state index contributed by atoms with van der Waals surface area (Å²) >= 11 is 0. The fraction of sp³-hybridized carbons (Fsp3) is 0.909. The molecule has 80 valence electrons. The molecule has 0 radical (unpaired) electrons. The molecule has 1 aliphatic carbocycles. The third-order valence-electron chi connectivity index (χ3n) is 3.07. The summed E-state index contributed by atoms with van der Waals surface area (Å²) in [6.45, 7) is 3.30. The number of hydrogen-bond donors (Lipinski definition) is 0. The molecule has 14 heavy (non-hydrogen) atoms. The standard InChI is InChI=1S/C11H19NO2/c1-12(6-9-2-3-9)7-10-8-14-5-4-11(10)13/h9-10H,2-8H2,1H3. The number of rotatable bonds is 4. The number of ketones is 1. The van der Waals surface area contributed by atoms with E-state index in [2.05, 4.69) is 11.9 Å². The van der Waals surface area contributed by atoms with Gasteiger partial charge in [0.15, 0.2) is 0 Å². The second-order valence-corrected chi connectivity index (χ2v) is 4.65. The van der Waals surface area contributed by atoms with Crippen LogP contribution in [0.5, 0.6) is 0 Å². The summed E-state index contributed by atoms with van der Waals surface area (Å²) < 4.78 is 5.33. The van der Waals surface area contributed by atoms with Gasteiger partial charge in [0.25, 0.3) is 0 Å². The van der Waals surface area contributed by atoms with E-state index in [1.807, 2.05) is 0 Å². The molecule has 0 spiro atoms. The van der Waals surface area contributed by atoms with E-state index in [1.165, 1.54) is 12.8 Å². The summed E-state index contributed by atoms with van der Waals surface area (Å²) in [5, 5.41) is 0. The van der Waals surface area contributed by atoms with Crippen LogP contribution in [0.4, 0.5) is 0 Å². The number of carbonyl (C=O) groups is 1. The third-order valence-corrected chi connectivity index (χ3v) is 3.07. The molecule has 0 bridgehead atoms. The molecule has 0 aromatic carbocycles. The van der Waals surface area contributed by atoms with Crippen molar-refractivity contribution in [2.24, 2.45) is 11.8 Å². The van der Waals surface area contributed by atoms with Crippen LogP contribution in [0.25, 0.3) is 0 Å². The number of carbonyl (C=O) groups excluding carboxylic acids is 1. The minimum Gasteiger partial charge on any atom is -0.380 e. The number of hydrogen-bond acceptors (Lipinski definition) is 3. The molecule has 1 atom stereocenters. The molecule has 1 saturated carbocycles. The van der Waals surface area contributed by atoms with Crippen molar-refractivity contribution < 1.29 is 9.53 Å². The van der Waals surface area contributed by atoms with E-state index < -0.39 is 0 Å². The second kappa shape index (κ2) is 4.41. The fourth-order valence-corrected chi connectivity index (χ4v) is 2.04. The molecule has 1 heterocycles. The van der Waals surface area contributed by atoms with Gasteiger partial charge in [0.05, 0.1) is 19.1 Å². The lowest BCUT2D eigenvalue weighted by Gasteiger charge is -2.26. The average molecular weight is 197 g/mol. The summed E-state index contributed by atoms with van der Waals surface area (Å²) in [7, 11) is 2.11. The van der Waals surface area contributed by atoms with E-state index in [0.717, 1.165) is 19.0 Å². The molecule has 0 aromatic heterocycles. The van der Waals surface area contributed by atoms with Crippen LogP contribution in [0.3, 0.4) is 0 Å². The summed E-state index contributed by atoms with van der Waals surface area (Å²) in [6.07, 6.45) is 3.36. The smallest absolute Gasteiger partial charge is 0.141 e. The van der Waals surface area contributed by atoms with Crippen molar-refractivity contribution in [3.63, 3.8) is 0 Å². The monoisotopic (exact) mass is 197 g/mol. The molecule has 0 N–H and O–H groups in total. The van der Waals surface area contributed by atoms with Crippen LogP contribution < -0.4 is 0 Å². The second-order valence-electron chi connectivity index (χ2n) is 4.65. The average Bonchev–Trinajstić information content (AvgIpc) is 2.93. The summed E-state index contributed by atoms with van der Waals surface area (Å²) in [4.78, 5) is 13.8. The maximum absolute atomic E-state index is 11.5. The van der Waals surface area contributed by atoms with E-state index in [-0.39, 0.29) is 5.92 Å². The third kappa shape index (κ3) is 2.79. The lowest BCUT2D eigenvalue weighted by molar-refractivity contribution is -0.131. The lowest BCUT2D eigenvalue weighted by atomic mass is 10.00. The Hall–Kier alpha value is -0.410. The Morgan fingerprint density at radius 2 is 2.21 bits per heavy atom. The van der Waals surface area contributed by atoms with Crippen molar-refractivity contribution in [2.75, 3.05) is 33.4 Å². The number of Topliss-reactive ketones (excluding diaryl/α,β-unsaturated/α-hetero) is 1. The minimum absolute atomic E-state index is 0.132. The van der Waals surface area contributed by atoms with E-state index in [1.54, 1.807) is 0 Å². The van der Waals surface area contributed by atoms with Gasteiger partial charge in [0.2, 0.25) is 0 Å². The predicted octanol–water partition coefficient (Wildman–Crippen LogP) is 0.934. The Bertz CT molecular complexity index is 213. The van der Waals surface area contributed by atoms with Crippen molar-refractivity contribution in [1.82, 2.24) is 4.90 Å². The summed E-state index contributed by atoms with van der Waals surface area (Å²) in [6, 6.07) is 0. The van der Waals surface area contributed by atoms with Gasteiger partial charge in [-0.1, -0.05) is 0 Å². The van der Waals surface area contributed by atoms with Gasteiger partial charge in [0.1, 0.15) is 5.78 Å². The van der Waals surface area contributed by atoms with Crippen molar-refractivity contribution >= 4 is 5.78 Å². The molecular weight excluding hydrogens is 178 g/mol. The molecule has 2 rings (SSSR count). The normalized spacial score (nSPS) is 28.4. The zero-order valence-corrected chi connectivity index (χ0v) is 8.87. The first kappa shape index (κ1) is 10.1. The molecule has 1 unspecified atom stereocenters. The van der Waals surface area contributed by atoms with Gasteiger partial charge in [-0.15, -0.1) is 0 Å². The van der Waals surface area contributed by atoms with Crippen molar-refractivity contribution in [2.45, 2.75) is 19.3 Å². The first-order valence-electron chi connectivity index (χ1n) is 5.54. The van der Waals surface area contributed by atoms with Crippen molar-refractivity contribution in [3.05, 3.63) is 0 Å². The summed E-state index contributed by atoms with van der Waals surface area (Å²) in [5.41, 5.74) is 0.